The number of ether oxygens (including phenoxy) is 2. The molecule has 8 nitrogen and oxygen atoms in total. The third kappa shape index (κ3) is 5.67. The maximum Gasteiger partial charge on any atom is 0.408 e. The number of Topliss-reactive ketones (excluding diaryl/α,β-unsaturated/α-hetero) is 1. The smallest absolute Gasteiger partial charge is 0.408 e. The van der Waals surface area contributed by atoms with Gasteiger partial charge in [0.25, 0.3) is 0 Å². The van der Waals surface area contributed by atoms with E-state index in [1.807, 2.05) is 34.6 Å². The fraction of sp³-hybridized carbons (Fsp3) is 0.857. The minimum atomic E-state index is -0.821. The van der Waals surface area contributed by atoms with Crippen LogP contribution in [0.25, 0.3) is 0 Å². The molecular weight excluding hydrogens is 630 g/mol. The van der Waals surface area contributed by atoms with Gasteiger partial charge in [-0.3, -0.25) is 14.4 Å². The zero-order chi connectivity index (χ0) is 37.0. The van der Waals surface area contributed by atoms with Gasteiger partial charge in [-0.05, 0) is 142 Å². The van der Waals surface area contributed by atoms with E-state index in [-0.39, 0.29) is 45.9 Å². The molecule has 0 aromatic heterocycles. The Morgan fingerprint density at radius 1 is 0.800 bits per heavy atom. The molecule has 5 fully saturated rings. The molecule has 0 radical (unpaired) electrons. The molecule has 6 aliphatic carbocycles. The van der Waals surface area contributed by atoms with Crippen LogP contribution in [0, 0.1) is 63.1 Å². The average Bonchev–Trinajstić information content (AvgIpc) is 3.45. The lowest BCUT2D eigenvalue weighted by molar-refractivity contribution is -0.215. The Morgan fingerprint density at radius 2 is 1.44 bits per heavy atom. The van der Waals surface area contributed by atoms with Crippen molar-refractivity contribution in [1.82, 2.24) is 5.32 Å². The molecule has 0 aromatic carbocycles. The first kappa shape index (κ1) is 37.4. The first-order chi connectivity index (χ1) is 23.0. The molecule has 0 aromatic rings. The molecule has 8 heteroatoms. The number of carboxylic acid groups (broad SMARTS) is 1. The highest BCUT2D eigenvalue weighted by Crippen LogP contribution is 2.72. The van der Waals surface area contributed by atoms with Gasteiger partial charge >= 0.3 is 18.0 Å². The molecule has 0 saturated heterocycles. The highest BCUT2D eigenvalue weighted by Gasteiger charge is 2.67. The Hall–Kier alpha value is -2.38. The Kier molecular flexibility index (Phi) is 9.03. The highest BCUT2D eigenvalue weighted by molar-refractivity contribution is 6.02. The van der Waals surface area contributed by atoms with Crippen LogP contribution < -0.4 is 5.32 Å². The number of amides is 1. The normalized spacial score (nSPS) is 41.8. The summed E-state index contributed by atoms with van der Waals surface area (Å²) in [7, 11) is 0. The van der Waals surface area contributed by atoms with Crippen molar-refractivity contribution in [3.8, 4) is 0 Å². The van der Waals surface area contributed by atoms with Crippen LogP contribution in [0.3, 0.4) is 0 Å². The molecular formula is C42H65NO7. The van der Waals surface area contributed by atoms with Crippen molar-refractivity contribution in [2.75, 3.05) is 0 Å². The number of alkyl carbamates (subject to hydrolysis) is 1. The van der Waals surface area contributed by atoms with Crippen molar-refractivity contribution in [3.63, 3.8) is 0 Å². The second kappa shape index (κ2) is 12.1. The standard InChI is InChI=1S/C42H65NO7/c1-23(2)32-28(44)22-42(43-36(48)50-37(3,4)5)21-16-25-24(33(32)42)12-15-30-40(25,10)19-17-29-39(8,9)31(18-20-41(29,30)11)49-35(47)27-14-13-26(34(45)46)38(27,6)7/h23-27,29-31H,12-22H2,1-11H3,(H,43,48)(H,45,46). The summed E-state index contributed by atoms with van der Waals surface area (Å²) in [6, 6.07) is 0. The van der Waals surface area contributed by atoms with Crippen molar-refractivity contribution in [2.45, 2.75) is 164 Å². The summed E-state index contributed by atoms with van der Waals surface area (Å²) in [4.78, 5) is 52.7. The van der Waals surface area contributed by atoms with Crippen LogP contribution in [-0.2, 0) is 23.9 Å². The number of esters is 1. The zero-order valence-electron chi connectivity index (χ0n) is 32.8. The third-order valence-electron chi connectivity index (χ3n) is 15.7. The SMILES string of the molecule is CC(C)C1=C2C3CCC4C(C)(CCC5C(C)(C)C(OC(=O)C6CCC(C(=O)O)C6(C)C)CCC54C)C3CCC2(NC(=O)OC(C)(C)C)CC1=O. The number of fused-ring (bicyclic) bond motifs is 7. The van der Waals surface area contributed by atoms with Crippen molar-refractivity contribution in [3.05, 3.63) is 11.1 Å². The molecule has 5 saturated carbocycles. The van der Waals surface area contributed by atoms with Crippen LogP contribution in [0.2, 0.25) is 0 Å². The van der Waals surface area contributed by atoms with E-state index in [9.17, 15) is 24.3 Å². The second-order valence-corrected chi connectivity index (χ2v) is 20.4. The summed E-state index contributed by atoms with van der Waals surface area (Å²) in [6.07, 6.45) is 8.64. The van der Waals surface area contributed by atoms with E-state index in [0.29, 0.717) is 37.0 Å². The van der Waals surface area contributed by atoms with E-state index in [1.165, 1.54) is 5.57 Å². The average molecular weight is 696 g/mol. The Bertz CT molecular complexity index is 1470. The third-order valence-corrected chi connectivity index (χ3v) is 15.7. The topological polar surface area (TPSA) is 119 Å². The molecule has 0 bridgehead atoms. The number of carboxylic acids is 1. The number of hydrogen-bond donors (Lipinski definition) is 2. The molecule has 0 heterocycles. The molecule has 10 atom stereocenters. The monoisotopic (exact) mass is 695 g/mol. The highest BCUT2D eigenvalue weighted by atomic mass is 16.6. The summed E-state index contributed by atoms with van der Waals surface area (Å²) in [6.45, 7) is 23.4. The molecule has 0 spiro atoms. The quantitative estimate of drug-likeness (QED) is 0.276. The summed E-state index contributed by atoms with van der Waals surface area (Å²) < 4.78 is 12.2. The van der Waals surface area contributed by atoms with Crippen LogP contribution in [0.1, 0.15) is 147 Å². The fourth-order valence-electron chi connectivity index (χ4n) is 13.5. The molecule has 6 aliphatic rings. The van der Waals surface area contributed by atoms with E-state index in [4.69, 9.17) is 9.47 Å². The maximum atomic E-state index is 13.8. The lowest BCUT2D eigenvalue weighted by Crippen LogP contribution is -2.64. The number of rotatable bonds is 5. The lowest BCUT2D eigenvalue weighted by Gasteiger charge is -2.68. The van der Waals surface area contributed by atoms with Gasteiger partial charge in [-0.2, -0.15) is 0 Å². The van der Waals surface area contributed by atoms with Crippen LogP contribution in [0.15, 0.2) is 11.1 Å². The second-order valence-electron chi connectivity index (χ2n) is 20.4. The summed E-state index contributed by atoms with van der Waals surface area (Å²) in [5, 5.41) is 13.1. The predicted octanol–water partition coefficient (Wildman–Crippen LogP) is 8.90. The van der Waals surface area contributed by atoms with Crippen molar-refractivity contribution in [2.24, 2.45) is 63.1 Å². The molecule has 50 heavy (non-hydrogen) atoms. The molecule has 0 aliphatic heterocycles. The van der Waals surface area contributed by atoms with Gasteiger partial charge in [0.15, 0.2) is 5.78 Å². The number of aliphatic carboxylic acids is 1. The van der Waals surface area contributed by atoms with Gasteiger partial charge in [0.2, 0.25) is 0 Å². The number of carbonyl (C=O) groups is 4. The minimum absolute atomic E-state index is 0.0927. The van der Waals surface area contributed by atoms with Gasteiger partial charge in [0.05, 0.1) is 17.4 Å². The number of carbonyl (C=O) groups excluding carboxylic acids is 3. The Labute approximate surface area is 300 Å². The first-order valence-electron chi connectivity index (χ1n) is 19.7. The number of nitrogens with one attached hydrogen (secondary N) is 1. The van der Waals surface area contributed by atoms with E-state index in [0.717, 1.165) is 56.9 Å². The molecule has 2 N–H and O–H groups in total. The van der Waals surface area contributed by atoms with Crippen molar-refractivity contribution in [1.29, 1.82) is 0 Å². The van der Waals surface area contributed by atoms with Gasteiger partial charge in [-0.1, -0.05) is 55.4 Å². The van der Waals surface area contributed by atoms with Crippen molar-refractivity contribution >= 4 is 23.8 Å². The van der Waals surface area contributed by atoms with E-state index < -0.39 is 40.5 Å². The van der Waals surface area contributed by atoms with Crippen LogP contribution in [0.4, 0.5) is 4.79 Å². The number of ketones is 1. The lowest BCUT2D eigenvalue weighted by atomic mass is 9.37. The van der Waals surface area contributed by atoms with Crippen LogP contribution in [0.5, 0.6) is 0 Å². The Morgan fingerprint density at radius 3 is 2.04 bits per heavy atom. The van der Waals surface area contributed by atoms with E-state index >= 15 is 0 Å². The number of allylic oxidation sites excluding steroid dienone is 1. The largest absolute Gasteiger partial charge is 0.481 e. The fourth-order valence-corrected chi connectivity index (χ4v) is 13.5. The first-order valence-corrected chi connectivity index (χ1v) is 19.7. The van der Waals surface area contributed by atoms with Gasteiger partial charge in [0, 0.05) is 11.8 Å². The molecule has 10 unspecified atom stereocenters. The molecule has 280 valence electrons. The predicted molar refractivity (Wildman–Crippen MR) is 192 cm³/mol. The summed E-state index contributed by atoms with van der Waals surface area (Å²) in [5.41, 5.74) is 0.237. The van der Waals surface area contributed by atoms with Gasteiger partial charge in [-0.25, -0.2) is 4.79 Å². The molecule has 6 rings (SSSR count). The Balaban J connectivity index is 1.24. The van der Waals surface area contributed by atoms with E-state index in [1.54, 1.807) is 0 Å². The number of hydrogen-bond acceptors (Lipinski definition) is 6. The van der Waals surface area contributed by atoms with Crippen LogP contribution >= 0.6 is 0 Å². The van der Waals surface area contributed by atoms with Gasteiger partial charge in [0.1, 0.15) is 11.7 Å². The molecule has 1 amide bonds. The van der Waals surface area contributed by atoms with Crippen LogP contribution in [-0.4, -0.2) is 46.2 Å². The summed E-state index contributed by atoms with van der Waals surface area (Å²) >= 11 is 0. The maximum absolute atomic E-state index is 13.8. The zero-order valence-corrected chi connectivity index (χ0v) is 32.8. The van der Waals surface area contributed by atoms with E-state index in [2.05, 4.69) is 46.9 Å². The minimum Gasteiger partial charge on any atom is -0.481 e. The van der Waals surface area contributed by atoms with Gasteiger partial charge < -0.3 is 19.9 Å². The van der Waals surface area contributed by atoms with Crippen molar-refractivity contribution < 1.29 is 33.8 Å². The summed E-state index contributed by atoms with van der Waals surface area (Å²) in [5.74, 6) is -0.0612. The van der Waals surface area contributed by atoms with Gasteiger partial charge in [-0.15, -0.1) is 0 Å².